The molecule has 0 aromatic heterocycles. The van der Waals surface area contributed by atoms with Crippen LogP contribution in [-0.2, 0) is 59.2 Å². The van der Waals surface area contributed by atoms with Crippen molar-refractivity contribution in [1.82, 2.24) is 5.32 Å². The molecule has 13 nitrogen and oxygen atoms in total. The van der Waals surface area contributed by atoms with E-state index in [2.05, 4.69) is 189 Å². The lowest BCUT2D eigenvalue weighted by Gasteiger charge is -2.25. The minimum Gasteiger partial charge on any atom is -0.481 e. The summed E-state index contributed by atoms with van der Waals surface area (Å²) >= 11 is 1.82. The summed E-state index contributed by atoms with van der Waals surface area (Å²) in [5, 5.41) is 48.3. The van der Waals surface area contributed by atoms with E-state index < -0.39 is 29.8 Å². The highest BCUT2D eigenvalue weighted by molar-refractivity contribution is 7.98. The van der Waals surface area contributed by atoms with E-state index >= 15 is 0 Å². The van der Waals surface area contributed by atoms with E-state index in [1.807, 2.05) is 116 Å². The number of aliphatic carboxylic acids is 5. The highest BCUT2D eigenvalue weighted by Gasteiger charge is 2.30. The molecule has 6 N–H and O–H groups in total. The number of Topliss-reactive ketones (excluding diaryl/α,β-unsaturated/α-hetero) is 2. The fourth-order valence-corrected chi connectivity index (χ4v) is 13.1. The van der Waals surface area contributed by atoms with Crippen LogP contribution in [0, 0.1) is 86.8 Å². The summed E-state index contributed by atoms with van der Waals surface area (Å²) in [6.45, 7) is 55.4. The van der Waals surface area contributed by atoms with Crippen LogP contribution < -0.4 is 5.32 Å². The van der Waals surface area contributed by atoms with E-state index in [0.717, 1.165) is 79.9 Å². The third kappa shape index (κ3) is 55.1. The number of carbonyl (C=O) groups is 7. The van der Waals surface area contributed by atoms with Crippen molar-refractivity contribution in [2.24, 2.45) is 79.8 Å². The number of ketones is 2. The predicted molar refractivity (Wildman–Crippen MR) is 447 cm³/mol. The van der Waals surface area contributed by atoms with Crippen molar-refractivity contribution in [1.29, 1.82) is 0 Å². The number of aryl methyl sites for hydroxylation is 1. The molecule has 0 amide bonds. The number of carboxylic acids is 5. The Morgan fingerprint density at radius 2 is 0.764 bits per heavy atom. The maximum Gasteiger partial charge on any atom is 0.320 e. The number of rotatable bonds is 26. The fraction of sp³-hybridized carbons (Fsp3) is 0.641. The summed E-state index contributed by atoms with van der Waals surface area (Å²) in [7, 11) is 0. The van der Waals surface area contributed by atoms with Gasteiger partial charge in [0.2, 0.25) is 0 Å². The number of fused-ring (bicyclic) bond motifs is 1. The average molecular weight is 1490 g/mol. The van der Waals surface area contributed by atoms with Crippen LogP contribution in [0.2, 0.25) is 0 Å². The zero-order valence-electron chi connectivity index (χ0n) is 71.2. The van der Waals surface area contributed by atoms with Gasteiger partial charge in [0.15, 0.2) is 0 Å². The highest BCUT2D eigenvalue weighted by Crippen LogP contribution is 2.37. The first-order valence-electron chi connectivity index (χ1n) is 38.8. The number of allylic oxidation sites excluding steroid dienone is 2. The maximum absolute atomic E-state index is 11.4. The summed E-state index contributed by atoms with van der Waals surface area (Å²) in [5.41, 5.74) is 9.00. The van der Waals surface area contributed by atoms with Crippen molar-refractivity contribution in [2.45, 2.75) is 282 Å². The van der Waals surface area contributed by atoms with Crippen LogP contribution >= 0.6 is 11.8 Å². The van der Waals surface area contributed by atoms with Gasteiger partial charge >= 0.3 is 29.8 Å². The lowest BCUT2D eigenvalue weighted by Crippen LogP contribution is -2.29. The van der Waals surface area contributed by atoms with E-state index in [1.165, 1.54) is 22.3 Å². The number of thioether (sulfide) groups is 1. The van der Waals surface area contributed by atoms with Gasteiger partial charge in [0.05, 0.1) is 23.7 Å². The Hall–Kier alpha value is -6.38. The topological polar surface area (TPSA) is 233 Å². The SMILES string of the molecule is CC(=O)C(CC(C)C)CC(C)(C)C.CC(C)(C)CC(CC1=CCc2ccccc21)C(=O)O.CC(C)(C)CC(Cc1ccccc1)C(=O)O.CC(C)(C)CC(Cc1ccccc1)C(=O)O.CC(C)C.CSCCC(CC(C)(C)C)C(C)=O.Cc1ccc(CC(CC(C)(C)C)C(=O)O)cc1.O=C(O)C1CCCN1. The Kier molecular flexibility index (Phi) is 48.3. The summed E-state index contributed by atoms with van der Waals surface area (Å²) < 4.78 is 0. The largest absolute Gasteiger partial charge is 0.481 e. The molecule has 0 saturated carbocycles. The van der Waals surface area contributed by atoms with Gasteiger partial charge in [-0.05, 0) is 213 Å². The quantitative estimate of drug-likeness (QED) is 0.0343. The summed E-state index contributed by atoms with van der Waals surface area (Å²) in [5.74, 6) is -0.864. The van der Waals surface area contributed by atoms with Crippen LogP contribution in [0.1, 0.15) is 277 Å². The van der Waals surface area contributed by atoms with E-state index in [4.69, 9.17) is 5.11 Å². The highest BCUT2D eigenvalue weighted by atomic mass is 32.2. The van der Waals surface area contributed by atoms with Gasteiger partial charge in [0.1, 0.15) is 17.6 Å². The standard InChI is InChI=1S/C17H22O2.C15H22O2.2C14H20O2.C12H24O.C11H22OS.C5H9NO2.C4H10/c1-17(2,3)11-14(16(18)19)10-13-9-8-12-6-4-5-7-15(12)13;1-11-5-7-12(8-6-11)9-13(14(16)17)10-15(2,3)4;2*1-14(2,3)10-12(13(15)16)9-11-7-5-4-6-8-11;1-9(2)7-11(10(3)13)8-12(4,5)6;1-9(12)10(6-7-13-5)8-11(2,3)4;7-5(8)4-2-1-3-6-4;1-4(2)3/h4-7,9,14H,8,10-11H2,1-3H3,(H,18,19);5-8,13H,9-10H2,1-4H3,(H,16,17);2*4-8,12H,9-10H2,1-3H3,(H,15,16);9,11H,7-8H2,1-6H3;10H,6-8H2,1-5H3;4,6H,1-3H2,(H,7,8);4H,1-3H3. The first kappa shape index (κ1) is 102. The molecule has 4 aromatic carbocycles. The minimum atomic E-state index is -0.720. The molecule has 106 heavy (non-hydrogen) atoms. The van der Waals surface area contributed by atoms with Crippen LogP contribution in [0.25, 0.3) is 5.57 Å². The third-order valence-electron chi connectivity index (χ3n) is 17.1. The number of benzene rings is 4. The van der Waals surface area contributed by atoms with Crippen molar-refractivity contribution < 1.29 is 59.1 Å². The van der Waals surface area contributed by atoms with E-state index in [0.29, 0.717) is 68.9 Å². The van der Waals surface area contributed by atoms with Crippen LogP contribution in [0.15, 0.2) is 115 Å². The molecule has 1 saturated heterocycles. The van der Waals surface area contributed by atoms with Gasteiger partial charge in [0, 0.05) is 11.8 Å². The van der Waals surface area contributed by atoms with Crippen molar-refractivity contribution in [3.8, 4) is 0 Å². The molecular weight excluding hydrogens is 1340 g/mol. The summed E-state index contributed by atoms with van der Waals surface area (Å²) in [4.78, 5) is 77.9. The number of hydrogen-bond donors (Lipinski definition) is 6. The number of carboxylic acid groups (broad SMARTS) is 5. The molecule has 1 heterocycles. The molecule has 4 aromatic rings. The Morgan fingerprint density at radius 1 is 0.443 bits per heavy atom. The van der Waals surface area contributed by atoms with Crippen molar-refractivity contribution in [3.05, 3.63) is 149 Å². The van der Waals surface area contributed by atoms with E-state index in [-0.39, 0.29) is 74.0 Å². The lowest BCUT2D eigenvalue weighted by molar-refractivity contribution is -0.143. The Labute approximate surface area is 649 Å². The second-order valence-electron chi connectivity index (χ2n) is 37.8. The molecule has 14 heteroatoms. The molecule has 7 atom stereocenters. The normalized spacial score (nSPS) is 15.1. The monoisotopic (exact) mass is 1490 g/mol. The van der Waals surface area contributed by atoms with Gasteiger partial charge in [-0.3, -0.25) is 33.6 Å². The van der Waals surface area contributed by atoms with Gasteiger partial charge in [-0.2, -0.15) is 11.8 Å². The first-order chi connectivity index (χ1) is 48.5. The van der Waals surface area contributed by atoms with Gasteiger partial charge in [-0.15, -0.1) is 0 Å². The van der Waals surface area contributed by atoms with Crippen LogP contribution in [0.4, 0.5) is 0 Å². The second-order valence-corrected chi connectivity index (χ2v) is 38.8. The van der Waals surface area contributed by atoms with Gasteiger partial charge in [-0.1, -0.05) is 280 Å². The molecule has 1 fully saturated rings. The molecular formula is C92H149NO12S. The summed E-state index contributed by atoms with van der Waals surface area (Å²) in [6.07, 6.45) is 16.4. The third-order valence-corrected chi connectivity index (χ3v) is 17.8. The predicted octanol–water partition coefficient (Wildman–Crippen LogP) is 23.1. The van der Waals surface area contributed by atoms with Crippen molar-refractivity contribution in [2.75, 3.05) is 18.6 Å². The molecule has 0 bridgehead atoms. The molecule has 7 unspecified atom stereocenters. The zero-order chi connectivity index (χ0) is 82.1. The van der Waals surface area contributed by atoms with Crippen LogP contribution in [-0.4, -0.2) is 91.5 Å². The van der Waals surface area contributed by atoms with E-state index in [9.17, 15) is 54.0 Å². The smallest absolute Gasteiger partial charge is 0.320 e. The van der Waals surface area contributed by atoms with Crippen molar-refractivity contribution in [3.63, 3.8) is 0 Å². The number of nitrogens with one attached hydrogen (secondary N) is 1. The molecule has 0 spiro atoms. The fourth-order valence-electron chi connectivity index (χ4n) is 12.6. The number of hydrogen-bond acceptors (Lipinski definition) is 9. The summed E-state index contributed by atoms with van der Waals surface area (Å²) in [6, 6.07) is 35.8. The van der Waals surface area contributed by atoms with E-state index in [1.54, 1.807) is 13.8 Å². The van der Waals surface area contributed by atoms with Crippen LogP contribution in [0.3, 0.4) is 0 Å². The molecule has 2 aliphatic rings. The molecule has 1 aliphatic heterocycles. The Balaban J connectivity index is 0. The average Bonchev–Trinajstić information content (AvgIpc) is 1.67. The molecule has 1 aliphatic carbocycles. The maximum atomic E-state index is 11.4. The zero-order valence-corrected chi connectivity index (χ0v) is 72.0. The molecule has 0 radical (unpaired) electrons. The van der Waals surface area contributed by atoms with Gasteiger partial charge in [-0.25, -0.2) is 0 Å². The molecule has 600 valence electrons. The van der Waals surface area contributed by atoms with Crippen molar-refractivity contribution >= 4 is 58.7 Å². The minimum absolute atomic E-state index is 0.0434. The first-order valence-corrected chi connectivity index (χ1v) is 40.2. The van der Waals surface area contributed by atoms with Crippen LogP contribution in [0.5, 0.6) is 0 Å². The number of carbonyl (C=O) groups excluding carboxylic acids is 2. The van der Waals surface area contributed by atoms with Gasteiger partial charge < -0.3 is 30.8 Å². The Morgan fingerprint density at radius 3 is 1.06 bits per heavy atom. The Bertz CT molecular complexity index is 3080. The molecule has 6 rings (SSSR count). The van der Waals surface area contributed by atoms with Gasteiger partial charge in [0.25, 0.3) is 0 Å². The second kappa shape index (κ2) is 50.4. The lowest BCUT2D eigenvalue weighted by atomic mass is 9.79.